The van der Waals surface area contributed by atoms with Crippen LogP contribution in [-0.2, 0) is 46.2 Å². The minimum Gasteiger partial charge on any atom is -0.463 e. The maximum absolute atomic E-state index is 12.2. The number of aryl methyl sites for hydroxylation is 2. The molecule has 0 bridgehead atoms. The molecule has 0 saturated heterocycles. The van der Waals surface area contributed by atoms with Gasteiger partial charge in [-0.05, 0) is 25.3 Å². The lowest BCUT2D eigenvalue weighted by atomic mass is 10.2. The fourth-order valence-corrected chi connectivity index (χ4v) is 4.55. The highest BCUT2D eigenvalue weighted by Gasteiger charge is 2.16. The van der Waals surface area contributed by atoms with Crippen molar-refractivity contribution in [3.05, 3.63) is 30.1 Å². The topological polar surface area (TPSA) is 149 Å². The Labute approximate surface area is 253 Å². The summed E-state index contributed by atoms with van der Waals surface area (Å²) in [6, 6.07) is 8.04. The Bertz CT molecular complexity index is 1270. The first-order valence-electron chi connectivity index (χ1n) is 15.3. The van der Waals surface area contributed by atoms with Gasteiger partial charge in [0.15, 0.2) is 5.82 Å². The number of carbonyl (C=O) groups is 2. The Balaban J connectivity index is 1.24. The number of pyridine rings is 1. The number of nitrogens with one attached hydrogen (secondary N) is 1. The second-order valence-electron chi connectivity index (χ2n) is 10.1. The van der Waals surface area contributed by atoms with Crippen LogP contribution in [0.1, 0.15) is 51.8 Å². The molecule has 0 atom stereocenters. The largest absolute Gasteiger partial charge is 0.463 e. The molecule has 3 N–H and O–H groups in total. The van der Waals surface area contributed by atoms with Crippen molar-refractivity contribution in [2.45, 2.75) is 58.9 Å². The van der Waals surface area contributed by atoms with Gasteiger partial charge in [-0.1, -0.05) is 31.5 Å². The molecule has 0 unspecified atom stereocenters. The lowest BCUT2D eigenvalue weighted by Gasteiger charge is -2.11. The number of nitrogens with zero attached hydrogens (tertiary/aromatic N) is 3. The Morgan fingerprint density at radius 2 is 1.51 bits per heavy atom. The van der Waals surface area contributed by atoms with Gasteiger partial charge in [0.25, 0.3) is 0 Å². The van der Waals surface area contributed by atoms with Gasteiger partial charge in [0.05, 0.1) is 63.9 Å². The van der Waals surface area contributed by atoms with Crippen LogP contribution in [0.25, 0.3) is 21.9 Å². The number of nitrogen functional groups attached to an aromatic ring is 1. The van der Waals surface area contributed by atoms with E-state index >= 15 is 0 Å². The minimum absolute atomic E-state index is 0.0223. The first kappa shape index (κ1) is 34.2. The summed E-state index contributed by atoms with van der Waals surface area (Å²) < 4.78 is 28.7. The van der Waals surface area contributed by atoms with Gasteiger partial charge in [0.1, 0.15) is 17.9 Å². The van der Waals surface area contributed by atoms with E-state index in [4.69, 9.17) is 34.4 Å². The Morgan fingerprint density at radius 1 is 0.860 bits per heavy atom. The summed E-state index contributed by atoms with van der Waals surface area (Å²) in [5.74, 6) is 1.17. The van der Waals surface area contributed by atoms with Gasteiger partial charge < -0.3 is 39.3 Å². The Hall–Kier alpha value is -3.32. The van der Waals surface area contributed by atoms with Crippen molar-refractivity contribution in [1.82, 2.24) is 19.9 Å². The quantitative estimate of drug-likeness (QED) is 0.122. The third-order valence-corrected chi connectivity index (χ3v) is 6.70. The van der Waals surface area contributed by atoms with Crippen molar-refractivity contribution in [3.63, 3.8) is 0 Å². The molecular weight excluding hydrogens is 554 g/mol. The summed E-state index contributed by atoms with van der Waals surface area (Å²) in [5.41, 5.74) is 8.98. The molecule has 43 heavy (non-hydrogen) atoms. The smallest absolute Gasteiger partial charge is 0.302 e. The molecule has 3 aromatic rings. The molecule has 1 aromatic carbocycles. The number of ether oxygens (including phenoxy) is 5. The number of unbranched alkanes of at least 4 members (excludes halogenated alkanes) is 2. The molecular formula is C31H47N5O7. The molecule has 238 valence electrons. The molecule has 1 amide bonds. The predicted octanol–water partition coefficient (Wildman–Crippen LogP) is 3.43. The SMILES string of the molecule is CCCCc1nc2c(N)nc3ccccc3c2n1CCCCNC(=O)CCOCCOCCOCCOCCOC(C)=O. The van der Waals surface area contributed by atoms with Gasteiger partial charge in [0.2, 0.25) is 5.91 Å². The number of amides is 1. The zero-order chi connectivity index (χ0) is 30.7. The summed E-state index contributed by atoms with van der Waals surface area (Å²) in [5, 5.41) is 4.05. The zero-order valence-electron chi connectivity index (χ0n) is 25.6. The van der Waals surface area contributed by atoms with E-state index in [1.165, 1.54) is 6.92 Å². The Kier molecular flexibility index (Phi) is 15.7. The number of anilines is 1. The molecule has 2 aromatic heterocycles. The standard InChI is InChI=1S/C31H47N5O7/c1-3-4-11-27-35-29-30(25-9-5-6-10-26(25)34-31(29)32)36(27)14-8-7-13-33-28(38)12-15-39-16-17-40-18-19-41-20-21-42-22-23-43-24(2)37/h5-6,9-10H,3-4,7-8,11-23H2,1-2H3,(H2,32,34)(H,33,38). The van der Waals surface area contributed by atoms with E-state index in [0.717, 1.165) is 66.4 Å². The third-order valence-electron chi connectivity index (χ3n) is 6.70. The Morgan fingerprint density at radius 3 is 2.19 bits per heavy atom. The molecule has 0 saturated carbocycles. The average molecular weight is 602 g/mol. The van der Waals surface area contributed by atoms with Crippen LogP contribution in [0, 0.1) is 0 Å². The van der Waals surface area contributed by atoms with E-state index in [0.29, 0.717) is 71.6 Å². The monoisotopic (exact) mass is 601 g/mol. The highest BCUT2D eigenvalue weighted by atomic mass is 16.6. The van der Waals surface area contributed by atoms with Gasteiger partial charge in [-0.3, -0.25) is 9.59 Å². The molecule has 12 heteroatoms. The van der Waals surface area contributed by atoms with Gasteiger partial charge >= 0.3 is 5.97 Å². The number of hydrogen-bond acceptors (Lipinski definition) is 10. The van der Waals surface area contributed by atoms with Gasteiger partial charge in [-0.15, -0.1) is 0 Å². The van der Waals surface area contributed by atoms with Crippen LogP contribution < -0.4 is 11.1 Å². The normalized spacial score (nSPS) is 11.4. The molecule has 0 fully saturated rings. The maximum Gasteiger partial charge on any atom is 0.302 e. The van der Waals surface area contributed by atoms with E-state index < -0.39 is 0 Å². The van der Waals surface area contributed by atoms with Crippen molar-refractivity contribution in [3.8, 4) is 0 Å². The number of hydrogen-bond donors (Lipinski definition) is 2. The minimum atomic E-state index is -0.317. The second kappa shape index (κ2) is 19.8. The summed E-state index contributed by atoms with van der Waals surface area (Å²) >= 11 is 0. The van der Waals surface area contributed by atoms with Crippen LogP contribution in [-0.4, -0.2) is 92.4 Å². The predicted molar refractivity (Wildman–Crippen MR) is 165 cm³/mol. The van der Waals surface area contributed by atoms with Gasteiger partial charge in [-0.2, -0.15) is 0 Å². The van der Waals surface area contributed by atoms with Crippen molar-refractivity contribution in [2.75, 3.05) is 71.7 Å². The van der Waals surface area contributed by atoms with Crippen molar-refractivity contribution in [1.29, 1.82) is 0 Å². The lowest BCUT2D eigenvalue weighted by Crippen LogP contribution is -2.26. The first-order chi connectivity index (χ1) is 21.0. The third kappa shape index (κ3) is 12.1. The van der Waals surface area contributed by atoms with Crippen molar-refractivity contribution >= 4 is 39.6 Å². The highest BCUT2D eigenvalue weighted by molar-refractivity contribution is 6.06. The first-order valence-corrected chi connectivity index (χ1v) is 15.3. The van der Waals surface area contributed by atoms with Crippen molar-refractivity contribution < 1.29 is 33.3 Å². The van der Waals surface area contributed by atoms with Crippen LogP contribution in [0.2, 0.25) is 0 Å². The number of imidazole rings is 1. The number of aromatic nitrogens is 3. The molecule has 0 aliphatic rings. The molecule has 2 heterocycles. The zero-order valence-corrected chi connectivity index (χ0v) is 25.6. The number of rotatable bonds is 23. The van der Waals surface area contributed by atoms with E-state index in [-0.39, 0.29) is 18.5 Å². The summed E-state index contributed by atoms with van der Waals surface area (Å²) in [6.07, 6.45) is 5.12. The molecule has 0 spiro atoms. The fraction of sp³-hybridized carbons (Fsp3) is 0.613. The molecule has 3 rings (SSSR count). The van der Waals surface area contributed by atoms with Crippen molar-refractivity contribution in [2.24, 2.45) is 0 Å². The van der Waals surface area contributed by atoms with Gasteiger partial charge in [-0.25, -0.2) is 9.97 Å². The second-order valence-corrected chi connectivity index (χ2v) is 10.1. The highest BCUT2D eigenvalue weighted by Crippen LogP contribution is 2.29. The number of fused-ring (bicyclic) bond motifs is 3. The summed E-state index contributed by atoms with van der Waals surface area (Å²) in [4.78, 5) is 32.3. The van der Waals surface area contributed by atoms with E-state index in [2.05, 4.69) is 27.9 Å². The average Bonchev–Trinajstić information content (AvgIpc) is 3.36. The van der Waals surface area contributed by atoms with Crippen LogP contribution >= 0.6 is 0 Å². The van der Waals surface area contributed by atoms with Crippen LogP contribution in [0.3, 0.4) is 0 Å². The molecule has 0 radical (unpaired) electrons. The van der Waals surface area contributed by atoms with Crippen LogP contribution in [0.4, 0.5) is 5.82 Å². The van der Waals surface area contributed by atoms with E-state index in [9.17, 15) is 9.59 Å². The number of benzene rings is 1. The van der Waals surface area contributed by atoms with E-state index in [1.807, 2.05) is 18.2 Å². The maximum atomic E-state index is 12.2. The number of nitrogens with two attached hydrogens (primary N) is 1. The number of carbonyl (C=O) groups excluding carboxylic acids is 2. The number of esters is 1. The lowest BCUT2D eigenvalue weighted by molar-refractivity contribution is -0.142. The van der Waals surface area contributed by atoms with Crippen LogP contribution in [0.15, 0.2) is 24.3 Å². The van der Waals surface area contributed by atoms with E-state index in [1.54, 1.807) is 0 Å². The number of para-hydroxylation sites is 1. The molecule has 0 aliphatic heterocycles. The summed E-state index contributed by atoms with van der Waals surface area (Å²) in [6.45, 7) is 8.53. The van der Waals surface area contributed by atoms with Crippen LogP contribution in [0.5, 0.6) is 0 Å². The molecule has 0 aliphatic carbocycles. The fourth-order valence-electron chi connectivity index (χ4n) is 4.55. The molecule has 12 nitrogen and oxygen atoms in total. The van der Waals surface area contributed by atoms with Gasteiger partial charge in [0, 0.05) is 38.2 Å². The summed E-state index contributed by atoms with van der Waals surface area (Å²) in [7, 11) is 0.